The molecule has 1 N–H and O–H groups in total. The molecule has 5 nitrogen and oxygen atoms in total. The number of carbonyl (C=O) groups excluding carboxylic acids is 1. The third-order valence-corrected chi connectivity index (χ3v) is 4.16. The van der Waals surface area contributed by atoms with Crippen LogP contribution in [0.3, 0.4) is 0 Å². The number of aliphatic carboxylic acids is 1. The van der Waals surface area contributed by atoms with Crippen molar-refractivity contribution in [2.45, 2.75) is 40.3 Å². The molecule has 0 fully saturated rings. The Balaban J connectivity index is 2.30. The number of aryl methyl sites for hydroxylation is 1. The molecular weight excluding hydrogens is 256 g/mol. The zero-order chi connectivity index (χ0) is 15.0. The Morgan fingerprint density at radius 2 is 1.85 bits per heavy atom. The van der Waals surface area contributed by atoms with Gasteiger partial charge in [0.2, 0.25) is 0 Å². The van der Waals surface area contributed by atoms with E-state index in [1.54, 1.807) is 11.8 Å². The lowest BCUT2D eigenvalue weighted by Crippen LogP contribution is -2.41. The topological polar surface area (TPSA) is 62.5 Å². The van der Waals surface area contributed by atoms with E-state index in [0.717, 1.165) is 12.2 Å². The summed E-state index contributed by atoms with van der Waals surface area (Å²) in [7, 11) is 0. The van der Waals surface area contributed by atoms with E-state index in [2.05, 4.69) is 4.57 Å². The van der Waals surface area contributed by atoms with E-state index in [4.69, 9.17) is 5.11 Å². The molecule has 0 radical (unpaired) electrons. The average molecular weight is 276 g/mol. The number of hydrogen-bond donors (Lipinski definition) is 1. The van der Waals surface area contributed by atoms with Crippen molar-refractivity contribution in [3.05, 3.63) is 34.7 Å². The van der Waals surface area contributed by atoms with Crippen molar-refractivity contribution in [1.82, 2.24) is 9.47 Å². The van der Waals surface area contributed by atoms with Gasteiger partial charge in [-0.2, -0.15) is 0 Å². The molecule has 0 spiro atoms. The smallest absolute Gasteiger partial charge is 0.331 e. The van der Waals surface area contributed by atoms with Crippen LogP contribution < -0.4 is 0 Å². The highest BCUT2D eigenvalue weighted by atomic mass is 16.4. The third-order valence-electron chi connectivity index (χ3n) is 4.16. The van der Waals surface area contributed by atoms with Gasteiger partial charge in [-0.1, -0.05) is 0 Å². The maximum atomic E-state index is 12.5. The van der Waals surface area contributed by atoms with Gasteiger partial charge in [-0.3, -0.25) is 4.79 Å². The predicted octanol–water partition coefficient (Wildman–Crippen LogP) is 2.12. The van der Waals surface area contributed by atoms with Gasteiger partial charge in [-0.05, 0) is 39.8 Å². The largest absolute Gasteiger partial charge is 0.478 e. The fourth-order valence-corrected chi connectivity index (χ4v) is 2.63. The molecular formula is C15H20N2O3. The van der Waals surface area contributed by atoms with Gasteiger partial charge in [0.05, 0.1) is 6.04 Å². The van der Waals surface area contributed by atoms with Crippen molar-refractivity contribution >= 4 is 11.9 Å². The lowest BCUT2D eigenvalue weighted by atomic mass is 10.1. The van der Waals surface area contributed by atoms with Gasteiger partial charge in [-0.15, -0.1) is 0 Å². The molecule has 1 aliphatic heterocycles. The monoisotopic (exact) mass is 276 g/mol. The second-order valence-corrected chi connectivity index (χ2v) is 5.28. The van der Waals surface area contributed by atoms with E-state index in [-0.39, 0.29) is 17.5 Å². The minimum absolute atomic E-state index is 0.0403. The number of carbonyl (C=O) groups is 2. The molecule has 1 aliphatic rings. The maximum absolute atomic E-state index is 12.5. The van der Waals surface area contributed by atoms with Gasteiger partial charge < -0.3 is 14.6 Å². The molecule has 2 rings (SSSR count). The number of rotatable bonds is 2. The minimum atomic E-state index is -1.04. The summed E-state index contributed by atoms with van der Waals surface area (Å²) in [4.78, 5) is 25.2. The van der Waals surface area contributed by atoms with E-state index in [0.29, 0.717) is 12.1 Å². The summed E-state index contributed by atoms with van der Waals surface area (Å²) in [6.07, 6.45) is 0. The zero-order valence-electron chi connectivity index (χ0n) is 12.3. The zero-order valence-corrected chi connectivity index (χ0v) is 12.3. The highest BCUT2D eigenvalue weighted by molar-refractivity contribution is 6.01. The quantitative estimate of drug-likeness (QED) is 0.842. The van der Waals surface area contributed by atoms with Crippen molar-refractivity contribution in [2.24, 2.45) is 0 Å². The third kappa shape index (κ3) is 2.24. The van der Waals surface area contributed by atoms with Gasteiger partial charge >= 0.3 is 5.97 Å². The van der Waals surface area contributed by atoms with Crippen LogP contribution in [0.4, 0.5) is 0 Å². The molecule has 1 aromatic rings. The molecule has 0 saturated heterocycles. The number of nitrogens with zero attached hydrogens (tertiary/aromatic N) is 2. The molecule has 1 atom stereocenters. The second kappa shape index (κ2) is 5.15. The first-order chi connectivity index (χ1) is 9.34. The van der Waals surface area contributed by atoms with Crippen LogP contribution in [0.15, 0.2) is 23.3 Å². The molecule has 5 heteroatoms. The molecule has 0 aliphatic carbocycles. The van der Waals surface area contributed by atoms with E-state index in [1.807, 2.05) is 26.0 Å². The first-order valence-electron chi connectivity index (χ1n) is 6.72. The highest BCUT2D eigenvalue weighted by Crippen LogP contribution is 2.28. The Morgan fingerprint density at radius 3 is 2.45 bits per heavy atom. The number of carboxylic acid groups (broad SMARTS) is 1. The molecule has 0 saturated carbocycles. The number of amides is 1. The molecule has 1 unspecified atom stereocenters. The molecule has 20 heavy (non-hydrogen) atoms. The van der Waals surface area contributed by atoms with Crippen molar-refractivity contribution in [1.29, 1.82) is 0 Å². The van der Waals surface area contributed by atoms with Crippen LogP contribution in [0, 0.1) is 6.92 Å². The number of fused-ring (bicyclic) bond motifs is 1. The van der Waals surface area contributed by atoms with E-state index in [9.17, 15) is 9.59 Å². The summed E-state index contributed by atoms with van der Waals surface area (Å²) >= 11 is 0. The summed E-state index contributed by atoms with van der Waals surface area (Å²) in [5.74, 6) is -1.23. The molecule has 1 amide bonds. The Hall–Kier alpha value is -2.04. The first-order valence-corrected chi connectivity index (χ1v) is 6.72. The van der Waals surface area contributed by atoms with Crippen LogP contribution in [0.5, 0.6) is 0 Å². The first kappa shape index (κ1) is 14.4. The van der Waals surface area contributed by atoms with Gasteiger partial charge in [0, 0.05) is 35.6 Å². The Labute approximate surface area is 118 Å². The van der Waals surface area contributed by atoms with Crippen LogP contribution in [0.25, 0.3) is 0 Å². The van der Waals surface area contributed by atoms with Crippen LogP contribution in [-0.2, 0) is 16.1 Å². The van der Waals surface area contributed by atoms with Crippen LogP contribution >= 0.6 is 0 Å². The lowest BCUT2D eigenvalue weighted by molar-refractivity contribution is -0.134. The Kier molecular flexibility index (Phi) is 3.70. The van der Waals surface area contributed by atoms with Gasteiger partial charge in [0.15, 0.2) is 0 Å². The summed E-state index contributed by atoms with van der Waals surface area (Å²) in [6.45, 7) is 8.43. The standard InChI is InChI=1S/C15H20N2O3/c1-9-5-6-13-12(4)17(8-7-16(9)13)14(18)10(2)11(3)15(19)20/h5-6,12H,7-8H2,1-4H3,(H,19,20). The highest BCUT2D eigenvalue weighted by Gasteiger charge is 2.29. The normalized spacial score (nSPS) is 19.4. The summed E-state index contributed by atoms with van der Waals surface area (Å²) in [6, 6.07) is 4.04. The summed E-state index contributed by atoms with van der Waals surface area (Å²) < 4.78 is 2.21. The van der Waals surface area contributed by atoms with E-state index >= 15 is 0 Å². The maximum Gasteiger partial charge on any atom is 0.331 e. The van der Waals surface area contributed by atoms with E-state index in [1.165, 1.54) is 12.6 Å². The van der Waals surface area contributed by atoms with Gasteiger partial charge in [0.1, 0.15) is 0 Å². The average Bonchev–Trinajstić information content (AvgIpc) is 2.79. The summed E-state index contributed by atoms with van der Waals surface area (Å²) in [5.41, 5.74) is 2.70. The number of aromatic nitrogens is 1. The predicted molar refractivity (Wildman–Crippen MR) is 75.3 cm³/mol. The SMILES string of the molecule is CC(C(=O)O)=C(C)C(=O)N1CCn2c(C)ccc2C1C. The lowest BCUT2D eigenvalue weighted by Gasteiger charge is -2.35. The van der Waals surface area contributed by atoms with E-state index < -0.39 is 5.97 Å². The van der Waals surface area contributed by atoms with Gasteiger partial charge in [0.25, 0.3) is 5.91 Å². The van der Waals surface area contributed by atoms with Crippen LogP contribution in [0.1, 0.15) is 38.2 Å². The van der Waals surface area contributed by atoms with Gasteiger partial charge in [-0.25, -0.2) is 4.79 Å². The van der Waals surface area contributed by atoms with Crippen molar-refractivity contribution in [3.8, 4) is 0 Å². The minimum Gasteiger partial charge on any atom is -0.478 e. The number of carboxylic acids is 1. The Morgan fingerprint density at radius 1 is 1.20 bits per heavy atom. The number of hydrogen-bond acceptors (Lipinski definition) is 2. The fourth-order valence-electron chi connectivity index (χ4n) is 2.63. The fraction of sp³-hybridized carbons (Fsp3) is 0.467. The van der Waals surface area contributed by atoms with Crippen molar-refractivity contribution < 1.29 is 14.7 Å². The molecule has 0 bridgehead atoms. The molecule has 108 valence electrons. The van der Waals surface area contributed by atoms with Crippen LogP contribution in [0.2, 0.25) is 0 Å². The van der Waals surface area contributed by atoms with Crippen molar-refractivity contribution in [2.75, 3.05) is 6.54 Å². The Bertz CT molecular complexity index is 598. The molecule has 1 aromatic heterocycles. The summed E-state index contributed by atoms with van der Waals surface area (Å²) in [5, 5.41) is 8.99. The van der Waals surface area contributed by atoms with Crippen LogP contribution in [-0.4, -0.2) is 33.0 Å². The molecule has 0 aromatic carbocycles. The molecule has 2 heterocycles. The second-order valence-electron chi connectivity index (χ2n) is 5.28. The van der Waals surface area contributed by atoms with Crippen molar-refractivity contribution in [3.63, 3.8) is 0 Å².